The van der Waals surface area contributed by atoms with Gasteiger partial charge in [0.05, 0.1) is 0 Å². The lowest BCUT2D eigenvalue weighted by Crippen LogP contribution is -2.66. The predicted octanol–water partition coefficient (Wildman–Crippen LogP) is 9.28. The standard InChI is InChI=1S/C24H10F19NO3S/c25-16(26)18(29,30)20(33,34)19(31,32)17(27,28)15(13-7-3-6-12-8-10-4-1-2-5-11(10)9-14(12)13)44-47-48(45,46)24(42,43)22(37,38)21(35,36)23(39,40)41/h1-9,16H. The summed E-state index contributed by atoms with van der Waals surface area (Å²) in [7, 11) is -8.32. The Kier molecular flexibility index (Phi) is 9.21. The Balaban J connectivity index is 2.40. The lowest BCUT2D eigenvalue weighted by Gasteiger charge is -2.36. The topological polar surface area (TPSA) is 55.7 Å². The number of nitrogens with zero attached hydrogens (tertiary/aromatic N) is 1. The van der Waals surface area contributed by atoms with E-state index in [-0.39, 0.29) is 16.8 Å². The van der Waals surface area contributed by atoms with Gasteiger partial charge in [0.25, 0.3) is 0 Å². The molecule has 268 valence electrons. The zero-order valence-corrected chi connectivity index (χ0v) is 22.9. The highest BCUT2D eigenvalue weighted by molar-refractivity contribution is 7.87. The first kappa shape index (κ1) is 38.7. The highest BCUT2D eigenvalue weighted by Crippen LogP contribution is 2.57. The van der Waals surface area contributed by atoms with Crippen LogP contribution < -0.4 is 0 Å². The smallest absolute Gasteiger partial charge is 0.263 e. The van der Waals surface area contributed by atoms with E-state index >= 15 is 8.78 Å². The van der Waals surface area contributed by atoms with Crippen molar-refractivity contribution in [2.75, 3.05) is 0 Å². The van der Waals surface area contributed by atoms with Crippen molar-refractivity contribution in [3.05, 3.63) is 60.2 Å². The van der Waals surface area contributed by atoms with E-state index in [2.05, 4.69) is 4.28 Å². The third kappa shape index (κ3) is 5.51. The van der Waals surface area contributed by atoms with Crippen molar-refractivity contribution in [2.24, 2.45) is 5.16 Å². The van der Waals surface area contributed by atoms with Gasteiger partial charge in [-0.05, 0) is 33.7 Å². The molecule has 0 amide bonds. The lowest BCUT2D eigenvalue weighted by molar-refractivity contribution is -0.382. The number of fused-ring (bicyclic) bond motifs is 2. The number of oxime groups is 1. The zero-order chi connectivity index (χ0) is 37.3. The molecule has 3 aromatic carbocycles. The molecule has 0 bridgehead atoms. The maximum absolute atomic E-state index is 15.3. The lowest BCUT2D eigenvalue weighted by atomic mass is 9.89. The summed E-state index contributed by atoms with van der Waals surface area (Å²) in [4.78, 5) is 0. The molecule has 0 spiro atoms. The van der Waals surface area contributed by atoms with Crippen molar-refractivity contribution in [3.63, 3.8) is 0 Å². The van der Waals surface area contributed by atoms with Crippen molar-refractivity contribution < 1.29 is 96.1 Å². The van der Waals surface area contributed by atoms with E-state index < -0.39 is 85.6 Å². The minimum absolute atomic E-state index is 0.0733. The van der Waals surface area contributed by atoms with E-state index in [1.165, 1.54) is 23.4 Å². The molecule has 0 radical (unpaired) electrons. The van der Waals surface area contributed by atoms with Gasteiger partial charge in [-0.3, -0.25) is 4.28 Å². The summed E-state index contributed by atoms with van der Waals surface area (Å²) in [5, 5.41) is -7.72. The van der Waals surface area contributed by atoms with E-state index in [4.69, 9.17) is 0 Å². The van der Waals surface area contributed by atoms with Crippen molar-refractivity contribution >= 4 is 37.4 Å². The maximum atomic E-state index is 15.3. The Morgan fingerprint density at radius 3 is 1.56 bits per heavy atom. The van der Waals surface area contributed by atoms with Gasteiger partial charge in [-0.1, -0.05) is 47.6 Å². The minimum atomic E-state index is -8.32. The number of alkyl halides is 19. The van der Waals surface area contributed by atoms with Crippen molar-refractivity contribution in [3.8, 4) is 0 Å². The van der Waals surface area contributed by atoms with Gasteiger partial charge in [0.1, 0.15) is 0 Å². The molecule has 0 unspecified atom stereocenters. The number of hydrogen-bond acceptors (Lipinski definition) is 4. The molecular weight excluding hydrogens is 743 g/mol. The van der Waals surface area contributed by atoms with Crippen LogP contribution in [-0.2, 0) is 14.4 Å². The van der Waals surface area contributed by atoms with Crippen LogP contribution in [0.1, 0.15) is 5.56 Å². The van der Waals surface area contributed by atoms with Crippen LogP contribution in [0.5, 0.6) is 0 Å². The van der Waals surface area contributed by atoms with E-state index in [9.17, 15) is 83.1 Å². The molecule has 0 heterocycles. The SMILES string of the molecule is O=S(=O)(ON=C(c1cccc2cc3ccccc3cc12)C(F)(F)C(F)(F)C(F)(F)C(F)(F)C(F)F)C(F)(F)C(F)(F)C(F)(F)C(F)(F)F. The van der Waals surface area contributed by atoms with Crippen LogP contribution in [0.3, 0.4) is 0 Å². The van der Waals surface area contributed by atoms with Crippen molar-refractivity contribution in [1.29, 1.82) is 0 Å². The molecule has 24 heteroatoms. The van der Waals surface area contributed by atoms with Gasteiger partial charge in [-0.15, -0.1) is 0 Å². The van der Waals surface area contributed by atoms with Gasteiger partial charge in [-0.2, -0.15) is 83.1 Å². The van der Waals surface area contributed by atoms with Crippen LogP contribution >= 0.6 is 0 Å². The Bertz CT molecular complexity index is 1840. The number of halogens is 19. The molecule has 0 saturated heterocycles. The number of rotatable bonds is 11. The van der Waals surface area contributed by atoms with Crippen LogP contribution in [0.15, 0.2) is 59.8 Å². The summed E-state index contributed by atoms with van der Waals surface area (Å²) in [5.74, 6) is -46.5. The predicted molar refractivity (Wildman–Crippen MR) is 125 cm³/mol. The molecule has 0 N–H and O–H groups in total. The highest BCUT2D eigenvalue weighted by Gasteiger charge is 2.87. The maximum Gasteiger partial charge on any atom is 0.460 e. The summed E-state index contributed by atoms with van der Waals surface area (Å²) < 4.78 is 286. The second-order valence-electron chi connectivity index (χ2n) is 9.50. The molecule has 0 aliphatic rings. The fourth-order valence-corrected chi connectivity index (χ4v) is 4.50. The Labute approximate surface area is 252 Å². The average Bonchev–Trinajstić information content (AvgIpc) is 2.94. The molecule has 48 heavy (non-hydrogen) atoms. The van der Waals surface area contributed by atoms with Crippen LogP contribution in [0.4, 0.5) is 83.4 Å². The molecule has 0 saturated carbocycles. The highest BCUT2D eigenvalue weighted by atomic mass is 32.2. The first-order valence-corrected chi connectivity index (χ1v) is 13.2. The number of benzene rings is 3. The fourth-order valence-electron chi connectivity index (χ4n) is 3.79. The van der Waals surface area contributed by atoms with E-state index in [1.807, 2.05) is 0 Å². The number of hydrogen-bond donors (Lipinski definition) is 0. The normalized spacial score (nSPS) is 15.5. The van der Waals surface area contributed by atoms with Crippen molar-refractivity contribution in [2.45, 2.75) is 53.4 Å². The van der Waals surface area contributed by atoms with Crippen LogP contribution in [0, 0.1) is 0 Å². The van der Waals surface area contributed by atoms with Gasteiger partial charge in [0, 0.05) is 5.56 Å². The van der Waals surface area contributed by atoms with Crippen molar-refractivity contribution in [1.82, 2.24) is 0 Å². The van der Waals surface area contributed by atoms with Gasteiger partial charge in [0.2, 0.25) is 0 Å². The molecular formula is C24H10F19NO3S. The summed E-state index contributed by atoms with van der Waals surface area (Å²) >= 11 is 0. The van der Waals surface area contributed by atoms with E-state index in [0.717, 1.165) is 18.2 Å². The van der Waals surface area contributed by atoms with E-state index in [0.29, 0.717) is 12.1 Å². The molecule has 0 atom stereocenters. The zero-order valence-electron chi connectivity index (χ0n) is 22.0. The Morgan fingerprint density at radius 1 is 0.604 bits per heavy atom. The summed E-state index contributed by atoms with van der Waals surface area (Å²) in [5.41, 5.74) is -5.37. The van der Waals surface area contributed by atoms with Gasteiger partial charge in [-0.25, -0.2) is 8.78 Å². The van der Waals surface area contributed by atoms with Gasteiger partial charge >= 0.3 is 63.5 Å². The first-order chi connectivity index (χ1) is 21.3. The molecule has 0 aliphatic carbocycles. The molecule has 3 rings (SSSR count). The molecule has 0 aliphatic heterocycles. The molecule has 4 nitrogen and oxygen atoms in total. The third-order valence-electron chi connectivity index (χ3n) is 6.44. The van der Waals surface area contributed by atoms with E-state index in [1.54, 1.807) is 0 Å². The fraction of sp³-hybridized carbons (Fsp3) is 0.375. The van der Waals surface area contributed by atoms with Gasteiger partial charge in [0.15, 0.2) is 5.71 Å². The Morgan fingerprint density at radius 2 is 1.08 bits per heavy atom. The summed E-state index contributed by atoms with van der Waals surface area (Å²) in [6, 6.07) is 8.21. The second-order valence-corrected chi connectivity index (χ2v) is 11.1. The quantitative estimate of drug-likeness (QED) is 0.0850. The largest absolute Gasteiger partial charge is 0.460 e. The molecule has 0 fully saturated rings. The van der Waals surface area contributed by atoms with Crippen LogP contribution in [-0.4, -0.2) is 67.5 Å². The van der Waals surface area contributed by atoms with Gasteiger partial charge < -0.3 is 0 Å². The summed E-state index contributed by atoms with van der Waals surface area (Å²) in [6.45, 7) is 0. The Hall–Kier alpha value is -3.73. The van der Waals surface area contributed by atoms with Crippen LogP contribution in [0.2, 0.25) is 0 Å². The minimum Gasteiger partial charge on any atom is -0.263 e. The molecule has 0 aromatic heterocycles. The molecule has 3 aromatic rings. The monoisotopic (exact) mass is 753 g/mol. The summed E-state index contributed by atoms with van der Waals surface area (Å²) in [6.07, 6.45) is -13.5. The second kappa shape index (κ2) is 11.4. The van der Waals surface area contributed by atoms with Crippen LogP contribution in [0.25, 0.3) is 21.5 Å². The third-order valence-corrected chi connectivity index (χ3v) is 7.59. The average molecular weight is 753 g/mol. The first-order valence-electron chi connectivity index (χ1n) is 11.8.